The van der Waals surface area contributed by atoms with Crippen molar-refractivity contribution in [2.75, 3.05) is 13.2 Å². The Hall–Kier alpha value is -1.68. The van der Waals surface area contributed by atoms with E-state index in [1.807, 2.05) is 0 Å². The van der Waals surface area contributed by atoms with Crippen molar-refractivity contribution in [2.24, 2.45) is 5.73 Å². The number of rotatable bonds is 4. The Labute approximate surface area is 162 Å². The van der Waals surface area contributed by atoms with E-state index in [4.69, 9.17) is 38.8 Å². The van der Waals surface area contributed by atoms with E-state index in [0.29, 0.717) is 11.3 Å². The fourth-order valence-electron chi connectivity index (χ4n) is 1.46. The van der Waals surface area contributed by atoms with Crippen molar-refractivity contribution in [3.05, 3.63) is 31.5 Å². The van der Waals surface area contributed by atoms with Gasteiger partial charge in [0.2, 0.25) is 5.15 Å². The van der Waals surface area contributed by atoms with Gasteiger partial charge in [-0.1, -0.05) is 23.2 Å². The van der Waals surface area contributed by atoms with Crippen LogP contribution >= 0.6 is 23.2 Å². The lowest BCUT2D eigenvalue weighted by molar-refractivity contribution is -0.384. The summed E-state index contributed by atoms with van der Waals surface area (Å²) in [7, 11) is 0. The molecule has 1 aromatic heterocycles. The number of aryl methyl sites for hydroxylation is 1. The van der Waals surface area contributed by atoms with Crippen LogP contribution in [0.15, 0.2) is 0 Å². The van der Waals surface area contributed by atoms with Gasteiger partial charge in [-0.3, -0.25) is 10.1 Å². The largest absolute Gasteiger partial charge is 0.444 e. The maximum atomic E-state index is 11.0. The summed E-state index contributed by atoms with van der Waals surface area (Å²) in [4.78, 5) is 24.7. The fourth-order valence-corrected chi connectivity index (χ4v) is 2.09. The number of nitrogens with one attached hydrogen (secondary N) is 1. The highest BCUT2D eigenvalue weighted by Crippen LogP contribution is 2.34. The zero-order chi connectivity index (χ0) is 20.7. The lowest BCUT2D eigenvalue weighted by atomic mass is 10.2. The van der Waals surface area contributed by atoms with Crippen molar-refractivity contribution in [3.63, 3.8) is 0 Å². The van der Waals surface area contributed by atoms with Crippen LogP contribution in [0, 0.1) is 24.0 Å². The van der Waals surface area contributed by atoms with E-state index in [2.05, 4.69) is 10.3 Å². The normalized spacial score (nSPS) is 11.9. The van der Waals surface area contributed by atoms with Crippen molar-refractivity contribution in [3.8, 4) is 0 Å². The molecule has 0 saturated carbocycles. The molecule has 148 valence electrons. The second-order valence-corrected chi connectivity index (χ2v) is 7.09. The van der Waals surface area contributed by atoms with Gasteiger partial charge in [-0.2, -0.15) is 0 Å². The number of carbonyl (C=O) groups excluding carboxylic acids is 1. The second kappa shape index (κ2) is 10.5. The highest BCUT2D eigenvalue weighted by Gasteiger charge is 2.22. The summed E-state index contributed by atoms with van der Waals surface area (Å²) in [5.41, 5.74) is 5.71. The highest BCUT2D eigenvalue weighted by atomic mass is 35.5. The molecule has 0 aromatic carbocycles. The predicted octanol–water partition coefficient (Wildman–Crippen LogP) is 2.74. The molecule has 0 aliphatic heterocycles. The number of amides is 1. The standard InChI is InChI=1S/C8H18N2O3.C7H6Cl2N2O2/c1-8(2,3)13-7(12)10-4-6(9)5-11;1-3-4(2)10-7(9)6(5(3)8)11(12)13/h6,11H,4-5,9H2,1-3H3,(H,10,12);1-2H3. The smallest absolute Gasteiger partial charge is 0.407 e. The number of nitrogens with zero attached hydrogens (tertiary/aromatic N) is 2. The van der Waals surface area contributed by atoms with Gasteiger partial charge in [-0.15, -0.1) is 0 Å². The lowest BCUT2D eigenvalue weighted by Gasteiger charge is -2.20. The van der Waals surface area contributed by atoms with E-state index in [1.165, 1.54) is 0 Å². The monoisotopic (exact) mass is 410 g/mol. The van der Waals surface area contributed by atoms with E-state index in [0.717, 1.165) is 0 Å². The molecular weight excluding hydrogens is 387 g/mol. The van der Waals surface area contributed by atoms with Crippen molar-refractivity contribution >= 4 is 35.0 Å². The molecule has 0 aliphatic carbocycles. The van der Waals surface area contributed by atoms with Gasteiger partial charge in [0, 0.05) is 18.3 Å². The molecule has 0 radical (unpaired) electrons. The summed E-state index contributed by atoms with van der Waals surface area (Å²) in [5, 5.41) is 21.4. The van der Waals surface area contributed by atoms with Crippen LogP contribution in [0.5, 0.6) is 0 Å². The third-order valence-corrected chi connectivity index (χ3v) is 3.59. The summed E-state index contributed by atoms with van der Waals surface area (Å²) < 4.78 is 4.95. The van der Waals surface area contributed by atoms with Crippen LogP contribution in [-0.4, -0.2) is 45.9 Å². The van der Waals surface area contributed by atoms with Crippen LogP contribution in [0.3, 0.4) is 0 Å². The first-order chi connectivity index (χ1) is 11.8. The number of hydrogen-bond acceptors (Lipinski definition) is 7. The molecular formula is C15H24Cl2N4O5. The summed E-state index contributed by atoms with van der Waals surface area (Å²) in [6.45, 7) is 8.74. The Morgan fingerprint density at radius 1 is 1.42 bits per heavy atom. The molecule has 11 heteroatoms. The molecule has 4 N–H and O–H groups in total. The number of ether oxygens (including phenoxy) is 1. The Morgan fingerprint density at radius 3 is 2.38 bits per heavy atom. The molecule has 1 atom stereocenters. The van der Waals surface area contributed by atoms with Gasteiger partial charge < -0.3 is 20.9 Å². The Kier molecular flexibility index (Phi) is 9.79. The first-order valence-corrected chi connectivity index (χ1v) is 8.35. The second-order valence-electron chi connectivity index (χ2n) is 6.36. The molecule has 0 spiro atoms. The van der Waals surface area contributed by atoms with Crippen LogP contribution in [0.25, 0.3) is 0 Å². The van der Waals surface area contributed by atoms with Gasteiger partial charge in [0.05, 0.1) is 11.5 Å². The van der Waals surface area contributed by atoms with E-state index >= 15 is 0 Å². The number of nitro groups is 1. The Morgan fingerprint density at radius 2 is 1.96 bits per heavy atom. The molecule has 1 rings (SSSR count). The molecule has 0 bridgehead atoms. The number of pyridine rings is 1. The molecule has 1 amide bonds. The topological polar surface area (TPSA) is 141 Å². The Bertz CT molecular complexity index is 650. The molecule has 26 heavy (non-hydrogen) atoms. The number of alkyl carbamates (subject to hydrolysis) is 1. The maximum absolute atomic E-state index is 11.0. The van der Waals surface area contributed by atoms with Gasteiger partial charge in [-0.05, 0) is 40.2 Å². The Balaban J connectivity index is 0.000000481. The highest BCUT2D eigenvalue weighted by molar-refractivity contribution is 6.38. The first-order valence-electron chi connectivity index (χ1n) is 7.60. The molecule has 0 fully saturated rings. The number of aliphatic hydroxyl groups excluding tert-OH is 1. The van der Waals surface area contributed by atoms with Crippen molar-refractivity contribution in [2.45, 2.75) is 46.3 Å². The summed E-state index contributed by atoms with van der Waals surface area (Å²) >= 11 is 11.3. The first kappa shape index (κ1) is 24.3. The van der Waals surface area contributed by atoms with E-state index in [9.17, 15) is 14.9 Å². The maximum Gasteiger partial charge on any atom is 0.407 e. The van der Waals surface area contributed by atoms with Crippen LogP contribution < -0.4 is 11.1 Å². The van der Waals surface area contributed by atoms with Gasteiger partial charge in [-0.25, -0.2) is 9.78 Å². The minimum atomic E-state index is -0.635. The summed E-state index contributed by atoms with van der Waals surface area (Å²) in [6, 6.07) is -0.437. The number of nitrogens with two attached hydrogens (primary N) is 1. The molecule has 1 aromatic rings. The van der Waals surface area contributed by atoms with Crippen molar-refractivity contribution in [1.29, 1.82) is 0 Å². The molecule has 1 heterocycles. The van der Waals surface area contributed by atoms with Crippen molar-refractivity contribution < 1.29 is 19.6 Å². The van der Waals surface area contributed by atoms with Gasteiger partial charge >= 0.3 is 11.8 Å². The molecule has 0 aliphatic rings. The van der Waals surface area contributed by atoms with E-state index in [1.54, 1.807) is 34.6 Å². The van der Waals surface area contributed by atoms with Crippen LogP contribution in [-0.2, 0) is 4.74 Å². The summed E-state index contributed by atoms with van der Waals surface area (Å²) in [5.74, 6) is 0. The van der Waals surface area contributed by atoms with Crippen LogP contribution in [0.1, 0.15) is 32.0 Å². The SMILES string of the molecule is CC(C)(C)OC(=O)NCC(N)CO.Cc1nc(Cl)c([N+](=O)[O-])c(Cl)c1C. The van der Waals surface area contributed by atoms with E-state index < -0.39 is 22.7 Å². The number of halogens is 2. The minimum Gasteiger partial charge on any atom is -0.444 e. The van der Waals surface area contributed by atoms with Gasteiger partial charge in [0.1, 0.15) is 10.6 Å². The third kappa shape index (κ3) is 8.61. The number of aliphatic hydroxyl groups is 1. The quantitative estimate of drug-likeness (QED) is 0.393. The lowest BCUT2D eigenvalue weighted by Crippen LogP contribution is -2.41. The van der Waals surface area contributed by atoms with Gasteiger partial charge in [0.25, 0.3) is 0 Å². The van der Waals surface area contributed by atoms with Gasteiger partial charge in [0.15, 0.2) is 0 Å². The average Bonchev–Trinajstić information content (AvgIpc) is 2.49. The number of carbonyl (C=O) groups is 1. The predicted molar refractivity (Wildman–Crippen MR) is 99.7 cm³/mol. The third-order valence-electron chi connectivity index (χ3n) is 2.87. The molecule has 9 nitrogen and oxygen atoms in total. The van der Waals surface area contributed by atoms with Crippen LogP contribution in [0.2, 0.25) is 10.2 Å². The zero-order valence-corrected chi connectivity index (χ0v) is 16.8. The van der Waals surface area contributed by atoms with E-state index in [-0.39, 0.29) is 29.0 Å². The molecule has 0 saturated heterocycles. The minimum absolute atomic E-state index is 0.0579. The van der Waals surface area contributed by atoms with Crippen molar-refractivity contribution in [1.82, 2.24) is 10.3 Å². The zero-order valence-electron chi connectivity index (χ0n) is 15.3. The number of hydrogen-bond donors (Lipinski definition) is 3. The fraction of sp³-hybridized carbons (Fsp3) is 0.600. The number of aromatic nitrogens is 1. The molecule has 1 unspecified atom stereocenters. The van der Waals surface area contributed by atoms with Crippen LogP contribution in [0.4, 0.5) is 10.5 Å². The average molecular weight is 411 g/mol. The summed E-state index contributed by atoms with van der Waals surface area (Å²) in [6.07, 6.45) is -0.517.